The topological polar surface area (TPSA) is 112 Å². The Kier molecular flexibility index (Phi) is 12.9. The Morgan fingerprint density at radius 3 is 2.19 bits per heavy atom. The zero-order valence-electron chi connectivity index (χ0n) is 18.6. The van der Waals surface area contributed by atoms with Gasteiger partial charge in [-0.15, -0.1) is 0 Å². The molecule has 0 radical (unpaired) electrons. The molecular formula is C22H34N2O7. The van der Waals surface area contributed by atoms with Crippen molar-refractivity contribution in [3.05, 3.63) is 35.9 Å². The van der Waals surface area contributed by atoms with Crippen LogP contribution in [-0.2, 0) is 35.1 Å². The van der Waals surface area contributed by atoms with E-state index in [9.17, 15) is 14.4 Å². The van der Waals surface area contributed by atoms with Gasteiger partial charge in [0.2, 0.25) is 5.91 Å². The van der Waals surface area contributed by atoms with Crippen molar-refractivity contribution >= 4 is 18.0 Å². The summed E-state index contributed by atoms with van der Waals surface area (Å²) >= 11 is 0. The molecule has 31 heavy (non-hydrogen) atoms. The maximum atomic E-state index is 11.7. The van der Waals surface area contributed by atoms with Crippen molar-refractivity contribution in [2.75, 3.05) is 39.5 Å². The maximum Gasteiger partial charge on any atom is 0.407 e. The monoisotopic (exact) mass is 438 g/mol. The zero-order valence-corrected chi connectivity index (χ0v) is 18.6. The van der Waals surface area contributed by atoms with Crippen molar-refractivity contribution in [2.24, 2.45) is 0 Å². The average molecular weight is 439 g/mol. The predicted octanol–water partition coefficient (Wildman–Crippen LogP) is 2.18. The Hall–Kier alpha value is -2.65. The highest BCUT2D eigenvalue weighted by molar-refractivity contribution is 5.76. The molecule has 0 atom stereocenters. The van der Waals surface area contributed by atoms with Gasteiger partial charge in [-0.25, -0.2) is 4.79 Å². The highest BCUT2D eigenvalue weighted by Gasteiger charge is 2.15. The SMILES string of the molecule is CC(C)(C)OC(=O)CCOCCOCCNC(=O)CCNC(=O)OCc1ccccc1. The smallest absolute Gasteiger partial charge is 0.407 e. The summed E-state index contributed by atoms with van der Waals surface area (Å²) in [5.41, 5.74) is 0.399. The molecule has 2 amide bonds. The molecule has 1 rings (SSSR count). The van der Waals surface area contributed by atoms with Crippen molar-refractivity contribution in [2.45, 2.75) is 45.8 Å². The number of hydrogen-bond donors (Lipinski definition) is 2. The molecule has 0 heterocycles. The fourth-order valence-corrected chi connectivity index (χ4v) is 2.27. The van der Waals surface area contributed by atoms with Crippen LogP contribution in [0.3, 0.4) is 0 Å². The summed E-state index contributed by atoms with van der Waals surface area (Å²) in [5, 5.41) is 5.23. The van der Waals surface area contributed by atoms with E-state index < -0.39 is 11.7 Å². The van der Waals surface area contributed by atoms with Gasteiger partial charge in [-0.05, 0) is 26.3 Å². The third-order valence-electron chi connectivity index (χ3n) is 3.65. The number of amides is 2. The van der Waals surface area contributed by atoms with E-state index in [0.717, 1.165) is 5.56 Å². The highest BCUT2D eigenvalue weighted by atomic mass is 16.6. The number of rotatable bonds is 14. The van der Waals surface area contributed by atoms with E-state index in [-0.39, 0.29) is 44.5 Å². The Morgan fingerprint density at radius 2 is 1.52 bits per heavy atom. The van der Waals surface area contributed by atoms with Gasteiger partial charge in [0.05, 0.1) is 32.8 Å². The fraction of sp³-hybridized carbons (Fsp3) is 0.591. The molecule has 9 nitrogen and oxygen atoms in total. The summed E-state index contributed by atoms with van der Waals surface area (Å²) in [4.78, 5) is 34.8. The van der Waals surface area contributed by atoms with Gasteiger partial charge in [-0.2, -0.15) is 0 Å². The largest absolute Gasteiger partial charge is 0.460 e. The van der Waals surface area contributed by atoms with Crippen LogP contribution >= 0.6 is 0 Å². The molecule has 0 unspecified atom stereocenters. The van der Waals surface area contributed by atoms with Crippen LogP contribution in [0.2, 0.25) is 0 Å². The van der Waals surface area contributed by atoms with Crippen LogP contribution in [0.25, 0.3) is 0 Å². The summed E-state index contributed by atoms with van der Waals surface area (Å²) in [6, 6.07) is 9.34. The number of carbonyl (C=O) groups is 3. The van der Waals surface area contributed by atoms with Crippen LogP contribution in [0.1, 0.15) is 39.2 Å². The number of esters is 1. The number of nitrogens with one attached hydrogen (secondary N) is 2. The number of carbonyl (C=O) groups excluding carboxylic acids is 3. The van der Waals surface area contributed by atoms with Crippen LogP contribution in [0.5, 0.6) is 0 Å². The van der Waals surface area contributed by atoms with Crippen LogP contribution < -0.4 is 10.6 Å². The summed E-state index contributed by atoms with van der Waals surface area (Å²) in [5.74, 6) is -0.490. The van der Waals surface area contributed by atoms with Crippen LogP contribution in [0.4, 0.5) is 4.79 Å². The minimum atomic E-state index is -0.563. The van der Waals surface area contributed by atoms with Gasteiger partial charge in [0, 0.05) is 19.5 Å². The van der Waals surface area contributed by atoms with Gasteiger partial charge in [-0.3, -0.25) is 9.59 Å². The summed E-state index contributed by atoms with van der Waals surface area (Å²) < 4.78 is 20.9. The molecule has 0 aliphatic rings. The first-order valence-electron chi connectivity index (χ1n) is 10.3. The van der Waals surface area contributed by atoms with E-state index >= 15 is 0 Å². The quantitative estimate of drug-likeness (QED) is 0.338. The van der Waals surface area contributed by atoms with Crippen molar-refractivity contribution in [3.63, 3.8) is 0 Å². The Bertz CT molecular complexity index is 660. The van der Waals surface area contributed by atoms with Gasteiger partial charge >= 0.3 is 12.1 Å². The standard InChI is InChI=1S/C22H34N2O7/c1-22(2,3)31-20(26)10-13-28-15-16-29-14-12-23-19(25)9-11-24-21(27)30-17-18-7-5-4-6-8-18/h4-8H,9-17H2,1-3H3,(H,23,25)(H,24,27). The van der Waals surface area contributed by atoms with Crippen molar-refractivity contribution in [3.8, 4) is 0 Å². The maximum absolute atomic E-state index is 11.7. The summed E-state index contributed by atoms with van der Waals surface area (Å²) in [6.45, 7) is 7.50. The summed E-state index contributed by atoms with van der Waals surface area (Å²) in [7, 11) is 0. The molecule has 174 valence electrons. The lowest BCUT2D eigenvalue weighted by atomic mass is 10.2. The second kappa shape index (κ2) is 15.2. The van der Waals surface area contributed by atoms with Crippen LogP contribution in [-0.4, -0.2) is 63.1 Å². The zero-order chi connectivity index (χ0) is 23.0. The average Bonchev–Trinajstić information content (AvgIpc) is 2.70. The predicted molar refractivity (Wildman–Crippen MR) is 114 cm³/mol. The van der Waals surface area contributed by atoms with Gasteiger partial charge in [0.15, 0.2) is 0 Å². The van der Waals surface area contributed by atoms with E-state index in [4.69, 9.17) is 18.9 Å². The Labute approximate surface area is 183 Å². The number of alkyl carbamates (subject to hydrolysis) is 1. The number of hydrogen-bond acceptors (Lipinski definition) is 7. The number of ether oxygens (including phenoxy) is 4. The van der Waals surface area contributed by atoms with Crippen molar-refractivity contribution in [1.29, 1.82) is 0 Å². The second-order valence-electron chi connectivity index (χ2n) is 7.65. The molecule has 1 aromatic rings. The highest BCUT2D eigenvalue weighted by Crippen LogP contribution is 2.08. The lowest BCUT2D eigenvalue weighted by Gasteiger charge is -2.19. The molecular weight excluding hydrogens is 404 g/mol. The van der Waals surface area contributed by atoms with E-state index in [0.29, 0.717) is 26.4 Å². The lowest BCUT2D eigenvalue weighted by Crippen LogP contribution is -2.32. The minimum absolute atomic E-state index is 0.147. The van der Waals surface area contributed by atoms with Gasteiger partial charge in [0.25, 0.3) is 0 Å². The van der Waals surface area contributed by atoms with Crippen molar-refractivity contribution < 1.29 is 33.3 Å². The molecule has 0 saturated heterocycles. The molecule has 1 aromatic carbocycles. The third kappa shape index (κ3) is 15.8. The molecule has 0 aliphatic carbocycles. The molecule has 0 fully saturated rings. The molecule has 0 aromatic heterocycles. The minimum Gasteiger partial charge on any atom is -0.460 e. The van der Waals surface area contributed by atoms with Gasteiger partial charge in [-0.1, -0.05) is 30.3 Å². The molecule has 0 aliphatic heterocycles. The molecule has 0 spiro atoms. The molecule has 2 N–H and O–H groups in total. The molecule has 0 saturated carbocycles. The van der Waals surface area contributed by atoms with Gasteiger partial charge < -0.3 is 29.6 Å². The van der Waals surface area contributed by atoms with Crippen LogP contribution in [0, 0.1) is 0 Å². The molecule has 0 bridgehead atoms. The Balaban J connectivity index is 1.90. The third-order valence-corrected chi connectivity index (χ3v) is 3.65. The van der Waals surface area contributed by atoms with E-state index in [1.54, 1.807) is 0 Å². The normalized spacial score (nSPS) is 10.9. The lowest BCUT2D eigenvalue weighted by molar-refractivity contribution is -0.156. The van der Waals surface area contributed by atoms with E-state index in [1.165, 1.54) is 0 Å². The van der Waals surface area contributed by atoms with Crippen LogP contribution in [0.15, 0.2) is 30.3 Å². The fourth-order valence-electron chi connectivity index (χ4n) is 2.27. The first-order valence-corrected chi connectivity index (χ1v) is 10.3. The first-order chi connectivity index (χ1) is 14.8. The second-order valence-corrected chi connectivity index (χ2v) is 7.65. The number of benzene rings is 1. The summed E-state index contributed by atoms with van der Waals surface area (Å²) in [6.07, 6.45) is -0.221. The first kappa shape index (κ1) is 26.4. The van der Waals surface area contributed by atoms with Gasteiger partial charge in [0.1, 0.15) is 12.2 Å². The Morgan fingerprint density at radius 1 is 0.839 bits per heavy atom. The van der Waals surface area contributed by atoms with E-state index in [2.05, 4.69) is 10.6 Å². The molecule has 9 heteroatoms. The van der Waals surface area contributed by atoms with E-state index in [1.807, 2.05) is 51.1 Å². The van der Waals surface area contributed by atoms with Crippen molar-refractivity contribution in [1.82, 2.24) is 10.6 Å².